The van der Waals surface area contributed by atoms with Crippen molar-refractivity contribution >= 4 is 27.7 Å². The summed E-state index contributed by atoms with van der Waals surface area (Å²) in [4.78, 5) is 5.56. The molecule has 0 aliphatic rings. The van der Waals surface area contributed by atoms with Crippen molar-refractivity contribution in [2.75, 3.05) is 0 Å². The second-order valence-corrected chi connectivity index (χ2v) is 5.95. The Bertz CT molecular complexity index is 513. The summed E-state index contributed by atoms with van der Waals surface area (Å²) >= 11 is 5.04. The molecule has 0 saturated carbocycles. The maximum absolute atomic E-state index is 6.13. The molecule has 0 aliphatic heterocycles. The minimum absolute atomic E-state index is 0.0872. The summed E-state index contributed by atoms with van der Waals surface area (Å²) in [6, 6.07) is 12.3. The fourth-order valence-electron chi connectivity index (χ4n) is 1.63. The van der Waals surface area contributed by atoms with Gasteiger partial charge in [0.05, 0.1) is 0 Å². The molecule has 94 valence electrons. The van der Waals surface area contributed by atoms with Crippen molar-refractivity contribution in [1.82, 2.24) is 4.98 Å². The van der Waals surface area contributed by atoms with Gasteiger partial charge >= 0.3 is 0 Å². The van der Waals surface area contributed by atoms with Gasteiger partial charge in [-0.15, -0.1) is 0 Å². The van der Waals surface area contributed by atoms with Crippen LogP contribution in [0.1, 0.15) is 24.9 Å². The van der Waals surface area contributed by atoms with Crippen molar-refractivity contribution in [1.29, 1.82) is 0 Å². The molecule has 2 nitrogen and oxygen atoms in total. The van der Waals surface area contributed by atoms with Crippen molar-refractivity contribution in [3.8, 4) is 0 Å². The lowest BCUT2D eigenvalue weighted by molar-refractivity contribution is 0.685. The molecule has 0 fully saturated rings. The number of nitrogens with zero attached hydrogens (tertiary/aromatic N) is 1. The van der Waals surface area contributed by atoms with Gasteiger partial charge in [0.1, 0.15) is 5.03 Å². The van der Waals surface area contributed by atoms with Gasteiger partial charge in [0, 0.05) is 21.6 Å². The number of hydrogen-bond donors (Lipinski definition) is 1. The summed E-state index contributed by atoms with van der Waals surface area (Å²) in [5, 5.41) is 0.981. The molecule has 1 aromatic carbocycles. The zero-order valence-corrected chi connectivity index (χ0v) is 12.5. The first-order valence-corrected chi connectivity index (χ1v) is 7.45. The summed E-state index contributed by atoms with van der Waals surface area (Å²) in [6.45, 7) is 2.10. The third kappa shape index (κ3) is 3.34. The third-order valence-electron chi connectivity index (χ3n) is 2.67. The molecule has 0 spiro atoms. The number of rotatable bonds is 4. The first-order chi connectivity index (χ1) is 8.70. The Kier molecular flexibility index (Phi) is 4.80. The largest absolute Gasteiger partial charge is 0.324 e. The Hall–Kier alpha value is -0.840. The van der Waals surface area contributed by atoms with Crippen molar-refractivity contribution in [3.05, 3.63) is 52.6 Å². The second-order valence-electron chi connectivity index (χ2n) is 3.97. The van der Waals surface area contributed by atoms with Crippen molar-refractivity contribution < 1.29 is 0 Å². The highest BCUT2D eigenvalue weighted by Crippen LogP contribution is 2.32. The van der Waals surface area contributed by atoms with Crippen LogP contribution in [0.3, 0.4) is 0 Å². The average molecular weight is 323 g/mol. The Morgan fingerprint density at radius 1 is 1.28 bits per heavy atom. The molecule has 2 aromatic rings. The normalized spacial score (nSPS) is 12.4. The summed E-state index contributed by atoms with van der Waals surface area (Å²) in [5.74, 6) is 0. The van der Waals surface area contributed by atoms with E-state index < -0.39 is 0 Å². The number of nitrogens with two attached hydrogens (primary N) is 1. The lowest BCUT2D eigenvalue weighted by Gasteiger charge is -2.13. The summed E-state index contributed by atoms with van der Waals surface area (Å²) in [6.07, 6.45) is 2.75. The molecule has 0 aliphatic carbocycles. The van der Waals surface area contributed by atoms with Crippen molar-refractivity contribution in [3.63, 3.8) is 0 Å². The second kappa shape index (κ2) is 6.36. The molecule has 1 aromatic heterocycles. The van der Waals surface area contributed by atoms with E-state index in [1.165, 1.54) is 10.5 Å². The molecule has 0 unspecified atom stereocenters. The van der Waals surface area contributed by atoms with Gasteiger partial charge in [0.2, 0.25) is 0 Å². The minimum atomic E-state index is 0.0872. The van der Waals surface area contributed by atoms with Gasteiger partial charge in [-0.1, -0.05) is 36.9 Å². The molecule has 0 radical (unpaired) electrons. The van der Waals surface area contributed by atoms with Gasteiger partial charge in [-0.2, -0.15) is 0 Å². The van der Waals surface area contributed by atoms with E-state index in [2.05, 4.69) is 40.0 Å². The Morgan fingerprint density at radius 2 is 2.06 bits per heavy atom. The van der Waals surface area contributed by atoms with Crippen LogP contribution in [0.25, 0.3) is 0 Å². The van der Waals surface area contributed by atoms with E-state index >= 15 is 0 Å². The fraction of sp³-hybridized carbons (Fsp3) is 0.214. The van der Waals surface area contributed by atoms with Crippen LogP contribution in [0.15, 0.2) is 57.0 Å². The standard InChI is InChI=1S/C14H15BrN2S/c1-2-12(16)11-5-3-4-6-13(11)18-14-8-7-10(15)9-17-14/h3-9,12H,2,16H2,1H3/t12-/m1/s1. The third-order valence-corrected chi connectivity index (χ3v) is 4.18. The SMILES string of the molecule is CC[C@@H](N)c1ccccc1Sc1ccc(Br)cn1. The van der Waals surface area contributed by atoms with E-state index in [0.717, 1.165) is 15.9 Å². The highest BCUT2D eigenvalue weighted by molar-refractivity contribution is 9.10. The average Bonchev–Trinajstić information content (AvgIpc) is 2.41. The Labute approximate surface area is 120 Å². The topological polar surface area (TPSA) is 38.9 Å². The number of hydrogen-bond acceptors (Lipinski definition) is 3. The molecule has 4 heteroatoms. The summed E-state index contributed by atoms with van der Waals surface area (Å²) in [5.41, 5.74) is 7.32. The van der Waals surface area contributed by atoms with E-state index in [-0.39, 0.29) is 6.04 Å². The van der Waals surface area contributed by atoms with Gasteiger partial charge < -0.3 is 5.73 Å². The molecule has 0 saturated heterocycles. The molecule has 1 heterocycles. The maximum atomic E-state index is 6.13. The first kappa shape index (κ1) is 13.6. The van der Waals surface area contributed by atoms with Crippen LogP contribution in [-0.4, -0.2) is 4.98 Å². The molecular weight excluding hydrogens is 308 g/mol. The molecule has 0 amide bonds. The molecule has 2 rings (SSSR count). The monoisotopic (exact) mass is 322 g/mol. The van der Waals surface area contributed by atoms with Crippen molar-refractivity contribution in [2.24, 2.45) is 5.73 Å². The van der Waals surface area contributed by atoms with Gasteiger partial charge in [-0.3, -0.25) is 0 Å². The van der Waals surface area contributed by atoms with Gasteiger partial charge in [0.15, 0.2) is 0 Å². The lowest BCUT2D eigenvalue weighted by atomic mass is 10.1. The van der Waals surface area contributed by atoms with E-state index in [9.17, 15) is 0 Å². The van der Waals surface area contributed by atoms with Crippen LogP contribution in [0.2, 0.25) is 0 Å². The number of benzene rings is 1. The molecule has 1 atom stereocenters. The van der Waals surface area contributed by atoms with Crippen LogP contribution in [0.4, 0.5) is 0 Å². The molecule has 2 N–H and O–H groups in total. The number of pyridine rings is 1. The molecule has 0 bridgehead atoms. The highest BCUT2D eigenvalue weighted by Gasteiger charge is 2.10. The van der Waals surface area contributed by atoms with E-state index in [1.807, 2.05) is 30.5 Å². The number of aromatic nitrogens is 1. The van der Waals surface area contributed by atoms with Gasteiger partial charge in [-0.05, 0) is 46.1 Å². The first-order valence-electron chi connectivity index (χ1n) is 5.84. The van der Waals surface area contributed by atoms with E-state index in [4.69, 9.17) is 5.73 Å². The minimum Gasteiger partial charge on any atom is -0.324 e. The smallest absolute Gasteiger partial charge is 0.101 e. The quantitative estimate of drug-likeness (QED) is 0.906. The molecular formula is C14H15BrN2S. The van der Waals surface area contributed by atoms with Gasteiger partial charge in [0.25, 0.3) is 0 Å². The maximum Gasteiger partial charge on any atom is 0.101 e. The van der Waals surface area contributed by atoms with Crippen LogP contribution in [0.5, 0.6) is 0 Å². The van der Waals surface area contributed by atoms with E-state index in [0.29, 0.717) is 0 Å². The number of halogens is 1. The van der Waals surface area contributed by atoms with Crippen LogP contribution in [-0.2, 0) is 0 Å². The summed E-state index contributed by atoms with van der Waals surface area (Å²) < 4.78 is 0.991. The lowest BCUT2D eigenvalue weighted by Crippen LogP contribution is -2.09. The highest BCUT2D eigenvalue weighted by atomic mass is 79.9. The predicted octanol–water partition coefficient (Wildman–Crippen LogP) is 4.41. The zero-order chi connectivity index (χ0) is 13.0. The Morgan fingerprint density at radius 3 is 2.72 bits per heavy atom. The van der Waals surface area contributed by atoms with Crippen LogP contribution < -0.4 is 5.73 Å². The van der Waals surface area contributed by atoms with Gasteiger partial charge in [-0.25, -0.2) is 4.98 Å². The van der Waals surface area contributed by atoms with Crippen molar-refractivity contribution in [2.45, 2.75) is 29.3 Å². The van der Waals surface area contributed by atoms with E-state index in [1.54, 1.807) is 11.8 Å². The Balaban J connectivity index is 2.26. The molecule has 18 heavy (non-hydrogen) atoms. The fourth-order valence-corrected chi connectivity index (χ4v) is 2.82. The van der Waals surface area contributed by atoms with Crippen LogP contribution in [0, 0.1) is 0 Å². The van der Waals surface area contributed by atoms with Crippen LogP contribution >= 0.6 is 27.7 Å². The summed E-state index contributed by atoms with van der Waals surface area (Å²) in [7, 11) is 0. The zero-order valence-electron chi connectivity index (χ0n) is 10.1. The predicted molar refractivity (Wildman–Crippen MR) is 79.7 cm³/mol.